The summed E-state index contributed by atoms with van der Waals surface area (Å²) in [5.41, 5.74) is 0.831. The average molecular weight is 298 g/mol. The second-order valence-corrected chi connectivity index (χ2v) is 5.24. The van der Waals surface area contributed by atoms with E-state index in [2.05, 4.69) is 32.9 Å². The van der Waals surface area contributed by atoms with Crippen LogP contribution >= 0.6 is 15.9 Å². The Morgan fingerprint density at radius 1 is 1.35 bits per heavy atom. The van der Waals surface area contributed by atoms with Crippen LogP contribution in [0.5, 0.6) is 0 Å². The van der Waals surface area contributed by atoms with Crippen LogP contribution in [-0.4, -0.2) is 53.9 Å². The molecule has 1 aromatic rings. The van der Waals surface area contributed by atoms with Gasteiger partial charge in [0.15, 0.2) is 0 Å². The Labute approximate surface area is 110 Å². The first-order chi connectivity index (χ1) is 8.15. The van der Waals surface area contributed by atoms with E-state index in [1.54, 1.807) is 6.20 Å². The number of carbonyl (C=O) groups is 1. The predicted molar refractivity (Wildman–Crippen MR) is 69.7 cm³/mol. The largest absolute Gasteiger partial charge is 0.340 e. The fourth-order valence-electron chi connectivity index (χ4n) is 1.83. The molecule has 0 spiro atoms. The molecule has 0 atom stereocenters. The lowest BCUT2D eigenvalue weighted by Crippen LogP contribution is -2.47. The highest BCUT2D eigenvalue weighted by molar-refractivity contribution is 9.10. The van der Waals surface area contributed by atoms with Gasteiger partial charge in [-0.3, -0.25) is 9.78 Å². The molecule has 0 saturated carbocycles. The number of likely N-dealkylation sites (N-methyl/N-ethyl adjacent to an activating group) is 1. The van der Waals surface area contributed by atoms with Crippen LogP contribution < -0.4 is 0 Å². The fraction of sp³-hybridized carbons (Fsp3) is 0.500. The number of aromatic nitrogens is 1. The van der Waals surface area contributed by atoms with Gasteiger partial charge in [0.1, 0.15) is 0 Å². The SMILES string of the molecule is CN1CCN(C(=O)Cc2ccc(Br)cn2)CC1. The van der Waals surface area contributed by atoms with Gasteiger partial charge in [-0.1, -0.05) is 0 Å². The first kappa shape index (κ1) is 12.5. The molecule has 2 rings (SSSR count). The van der Waals surface area contributed by atoms with Crippen LogP contribution in [0.3, 0.4) is 0 Å². The van der Waals surface area contributed by atoms with Crippen molar-refractivity contribution in [2.45, 2.75) is 6.42 Å². The third kappa shape index (κ3) is 3.51. The molecule has 1 aliphatic rings. The second-order valence-electron chi connectivity index (χ2n) is 4.33. The highest BCUT2D eigenvalue weighted by atomic mass is 79.9. The van der Waals surface area contributed by atoms with E-state index in [0.29, 0.717) is 6.42 Å². The zero-order valence-electron chi connectivity index (χ0n) is 9.90. The normalized spacial score (nSPS) is 17.2. The molecule has 92 valence electrons. The van der Waals surface area contributed by atoms with Gasteiger partial charge in [0.2, 0.25) is 5.91 Å². The molecule has 1 fully saturated rings. The second kappa shape index (κ2) is 5.60. The van der Waals surface area contributed by atoms with E-state index in [1.807, 2.05) is 17.0 Å². The number of halogens is 1. The molecule has 4 nitrogen and oxygen atoms in total. The van der Waals surface area contributed by atoms with Crippen LogP contribution in [0.4, 0.5) is 0 Å². The first-order valence-electron chi connectivity index (χ1n) is 5.72. The minimum atomic E-state index is 0.174. The number of rotatable bonds is 2. The molecule has 0 radical (unpaired) electrons. The maximum atomic E-state index is 12.0. The Morgan fingerprint density at radius 3 is 2.65 bits per heavy atom. The molecule has 1 saturated heterocycles. The first-order valence-corrected chi connectivity index (χ1v) is 6.51. The Kier molecular flexibility index (Phi) is 4.12. The Morgan fingerprint density at radius 2 is 2.06 bits per heavy atom. The molecule has 1 amide bonds. The number of pyridine rings is 1. The summed E-state index contributed by atoms with van der Waals surface area (Å²) in [5, 5.41) is 0. The monoisotopic (exact) mass is 297 g/mol. The van der Waals surface area contributed by atoms with E-state index in [9.17, 15) is 4.79 Å². The van der Waals surface area contributed by atoms with Gasteiger partial charge in [-0.25, -0.2) is 0 Å². The van der Waals surface area contributed by atoms with Gasteiger partial charge in [-0.05, 0) is 35.1 Å². The van der Waals surface area contributed by atoms with E-state index in [1.165, 1.54) is 0 Å². The van der Waals surface area contributed by atoms with Crippen molar-refractivity contribution in [1.29, 1.82) is 0 Å². The topological polar surface area (TPSA) is 36.4 Å². The Bertz CT molecular complexity index is 385. The number of nitrogens with zero attached hydrogens (tertiary/aromatic N) is 3. The smallest absolute Gasteiger partial charge is 0.228 e. The Hall–Kier alpha value is -0.940. The van der Waals surface area contributed by atoms with E-state index >= 15 is 0 Å². The summed E-state index contributed by atoms with van der Waals surface area (Å²) in [6, 6.07) is 3.80. The maximum Gasteiger partial charge on any atom is 0.228 e. The van der Waals surface area contributed by atoms with Crippen LogP contribution in [0.2, 0.25) is 0 Å². The minimum Gasteiger partial charge on any atom is -0.340 e. The van der Waals surface area contributed by atoms with Gasteiger partial charge in [0.25, 0.3) is 0 Å². The molecule has 0 aromatic carbocycles. The molecular weight excluding hydrogens is 282 g/mol. The molecule has 1 aromatic heterocycles. The lowest BCUT2D eigenvalue weighted by molar-refractivity contribution is -0.132. The van der Waals surface area contributed by atoms with Gasteiger partial charge in [0, 0.05) is 42.5 Å². The van der Waals surface area contributed by atoms with Crippen molar-refractivity contribution in [3.8, 4) is 0 Å². The average Bonchev–Trinajstić information content (AvgIpc) is 2.33. The van der Waals surface area contributed by atoms with Crippen molar-refractivity contribution in [2.24, 2.45) is 0 Å². The Balaban J connectivity index is 1.90. The van der Waals surface area contributed by atoms with Gasteiger partial charge >= 0.3 is 0 Å². The number of hydrogen-bond acceptors (Lipinski definition) is 3. The van der Waals surface area contributed by atoms with E-state index < -0.39 is 0 Å². The number of amides is 1. The van der Waals surface area contributed by atoms with Crippen molar-refractivity contribution in [1.82, 2.24) is 14.8 Å². The molecule has 17 heavy (non-hydrogen) atoms. The molecule has 0 aliphatic carbocycles. The molecular formula is C12H16BrN3O. The molecule has 1 aliphatic heterocycles. The molecule has 0 unspecified atom stereocenters. The fourth-order valence-corrected chi connectivity index (χ4v) is 2.07. The van der Waals surface area contributed by atoms with Crippen molar-refractivity contribution in [2.75, 3.05) is 33.2 Å². The number of carbonyl (C=O) groups excluding carboxylic acids is 1. The summed E-state index contributed by atoms with van der Waals surface area (Å²) < 4.78 is 0.938. The maximum absolute atomic E-state index is 12.0. The van der Waals surface area contributed by atoms with Crippen molar-refractivity contribution in [3.05, 3.63) is 28.5 Å². The lowest BCUT2D eigenvalue weighted by Gasteiger charge is -2.32. The van der Waals surface area contributed by atoms with Crippen LogP contribution in [0.15, 0.2) is 22.8 Å². The van der Waals surface area contributed by atoms with Crippen LogP contribution in [0.25, 0.3) is 0 Å². The lowest BCUT2D eigenvalue weighted by atomic mass is 10.2. The number of hydrogen-bond donors (Lipinski definition) is 0. The summed E-state index contributed by atoms with van der Waals surface area (Å²) in [5.74, 6) is 0.174. The van der Waals surface area contributed by atoms with Gasteiger partial charge in [-0.15, -0.1) is 0 Å². The predicted octanol–water partition coefficient (Wildman–Crippen LogP) is 1.16. The quantitative estimate of drug-likeness (QED) is 0.822. The van der Waals surface area contributed by atoms with E-state index in [4.69, 9.17) is 0 Å². The highest BCUT2D eigenvalue weighted by Gasteiger charge is 2.19. The van der Waals surface area contributed by atoms with Gasteiger partial charge in [0.05, 0.1) is 6.42 Å². The summed E-state index contributed by atoms with van der Waals surface area (Å²) >= 11 is 3.33. The van der Waals surface area contributed by atoms with Crippen molar-refractivity contribution < 1.29 is 4.79 Å². The van der Waals surface area contributed by atoms with Gasteiger partial charge < -0.3 is 9.80 Å². The molecule has 5 heteroatoms. The molecule has 2 heterocycles. The van der Waals surface area contributed by atoms with Crippen molar-refractivity contribution >= 4 is 21.8 Å². The van der Waals surface area contributed by atoms with E-state index in [-0.39, 0.29) is 5.91 Å². The van der Waals surface area contributed by atoms with Crippen molar-refractivity contribution in [3.63, 3.8) is 0 Å². The van der Waals surface area contributed by atoms with Crippen LogP contribution in [0.1, 0.15) is 5.69 Å². The summed E-state index contributed by atoms with van der Waals surface area (Å²) in [4.78, 5) is 20.4. The zero-order valence-corrected chi connectivity index (χ0v) is 11.5. The summed E-state index contributed by atoms with van der Waals surface area (Å²) in [7, 11) is 2.08. The standard InChI is InChI=1S/C12H16BrN3O/c1-15-4-6-16(7-5-15)12(17)8-11-3-2-10(13)9-14-11/h2-3,9H,4-8H2,1H3. The number of piperazine rings is 1. The summed E-state index contributed by atoms with van der Waals surface area (Å²) in [6.07, 6.45) is 2.13. The summed E-state index contributed by atoms with van der Waals surface area (Å²) in [6.45, 7) is 3.57. The third-order valence-corrected chi connectivity index (χ3v) is 3.45. The highest BCUT2D eigenvalue weighted by Crippen LogP contribution is 2.09. The third-order valence-electron chi connectivity index (χ3n) is 2.98. The zero-order chi connectivity index (χ0) is 12.3. The molecule has 0 bridgehead atoms. The van der Waals surface area contributed by atoms with Crippen LogP contribution in [-0.2, 0) is 11.2 Å². The van der Waals surface area contributed by atoms with Crippen LogP contribution in [0, 0.1) is 0 Å². The van der Waals surface area contributed by atoms with E-state index in [0.717, 1.165) is 36.3 Å². The minimum absolute atomic E-state index is 0.174. The molecule has 0 N–H and O–H groups in total. The van der Waals surface area contributed by atoms with Gasteiger partial charge in [-0.2, -0.15) is 0 Å².